The number of unbranched alkanes of at least 4 members (excludes halogenated alkanes) is 4. The van der Waals surface area contributed by atoms with Crippen LogP contribution in [0, 0.1) is 17.3 Å². The molecule has 0 bridgehead atoms. The molecule has 2 aliphatic carbocycles. The molecule has 8 heteroatoms. The molecule has 2 fully saturated rings. The summed E-state index contributed by atoms with van der Waals surface area (Å²) in [6.07, 6.45) is 22.4. The maximum absolute atomic E-state index is 13.3. The van der Waals surface area contributed by atoms with Gasteiger partial charge in [0.15, 0.2) is 0 Å². The Hall–Kier alpha value is -4.98. The Labute approximate surface area is 403 Å². The van der Waals surface area contributed by atoms with Gasteiger partial charge in [-0.25, -0.2) is 0 Å². The topological polar surface area (TPSA) is 123 Å². The van der Waals surface area contributed by atoms with Gasteiger partial charge in [-0.3, -0.25) is 9.59 Å². The minimum Gasteiger partial charge on any atom is -0.494 e. The zero-order chi connectivity index (χ0) is 47.1. The number of hydrogen-bond acceptors (Lipinski definition) is 8. The molecule has 0 unspecified atom stereocenters. The van der Waals surface area contributed by atoms with Gasteiger partial charge in [0.05, 0.1) is 13.2 Å². The maximum Gasteiger partial charge on any atom is 0.305 e. The summed E-state index contributed by atoms with van der Waals surface area (Å²) >= 11 is 0. The van der Waals surface area contributed by atoms with Gasteiger partial charge in [0.1, 0.15) is 24.7 Å². The van der Waals surface area contributed by atoms with Crippen LogP contribution >= 0.6 is 0 Å². The molecule has 364 valence electrons. The van der Waals surface area contributed by atoms with Crippen molar-refractivity contribution in [3.05, 3.63) is 119 Å². The first kappa shape index (κ1) is 51.4. The van der Waals surface area contributed by atoms with Crippen molar-refractivity contribution in [1.82, 2.24) is 0 Å². The van der Waals surface area contributed by atoms with E-state index in [2.05, 4.69) is 62.4 Å². The number of ether oxygens (including phenoxy) is 4. The summed E-state index contributed by atoms with van der Waals surface area (Å²) in [5, 5.41) is 0. The number of nitrogens with two attached hydrogens (primary N) is 2. The molecule has 0 amide bonds. The molecule has 0 saturated heterocycles. The highest BCUT2D eigenvalue weighted by atomic mass is 16.5. The number of benzene rings is 4. The summed E-state index contributed by atoms with van der Waals surface area (Å²) in [7, 11) is 0. The molecule has 67 heavy (non-hydrogen) atoms. The Balaban J connectivity index is 0.936. The van der Waals surface area contributed by atoms with E-state index in [1.807, 2.05) is 48.5 Å². The highest BCUT2D eigenvalue weighted by molar-refractivity contribution is 5.70. The quantitative estimate of drug-likeness (QED) is 0.0328. The second-order valence-corrected chi connectivity index (χ2v) is 20.1. The molecule has 0 aromatic heterocycles. The van der Waals surface area contributed by atoms with Crippen LogP contribution in [0.2, 0.25) is 0 Å². The SMILES string of the molecule is CCCC1CCC(c2ccc(OCCCCCC(=O)OCC(COC(=O)CCCCCOc3ccc(C4CCC(CCC)CC4)cc3)(Cc3ccc(N)cc3)Cc3ccc(N)cc3)cc2)CC1. The van der Waals surface area contributed by atoms with E-state index in [-0.39, 0.29) is 25.2 Å². The van der Waals surface area contributed by atoms with Gasteiger partial charge in [0, 0.05) is 29.6 Å². The van der Waals surface area contributed by atoms with Crippen LogP contribution in [-0.4, -0.2) is 38.4 Å². The number of anilines is 2. The molecule has 8 nitrogen and oxygen atoms in total. The van der Waals surface area contributed by atoms with Crippen molar-refractivity contribution in [3.8, 4) is 11.5 Å². The van der Waals surface area contributed by atoms with Crippen LogP contribution in [0.25, 0.3) is 0 Å². The average molecular weight is 915 g/mol. The lowest BCUT2D eigenvalue weighted by atomic mass is 9.77. The van der Waals surface area contributed by atoms with Crippen molar-refractivity contribution in [3.63, 3.8) is 0 Å². The smallest absolute Gasteiger partial charge is 0.305 e. The molecular formula is C59H82N2O6. The molecule has 4 N–H and O–H groups in total. The third-order valence-electron chi connectivity index (χ3n) is 14.6. The van der Waals surface area contributed by atoms with E-state index in [1.54, 1.807) is 0 Å². The van der Waals surface area contributed by atoms with Gasteiger partial charge in [0.25, 0.3) is 0 Å². The van der Waals surface area contributed by atoms with Crippen molar-refractivity contribution in [2.24, 2.45) is 17.3 Å². The number of carbonyl (C=O) groups is 2. The molecular weight excluding hydrogens is 833 g/mol. The first-order chi connectivity index (χ1) is 32.7. The zero-order valence-corrected chi connectivity index (χ0v) is 41.0. The Morgan fingerprint density at radius 1 is 0.493 bits per heavy atom. The standard InChI is InChI=1S/C59H82N2O6/c1-3-11-45-15-23-49(24-16-45)51-27-35-55(36-28-51)64-39-9-5-7-13-57(62)66-43-59(41-47-19-31-53(60)32-20-47,42-48-21-33-54(61)34-22-48)44-67-58(63)14-8-6-10-40-65-56-37-29-52(30-38-56)50-25-17-46(12-4-2)18-26-50/h19-22,27-38,45-46,49-50H,3-18,23-26,39-44,60-61H2,1-2H3. The third kappa shape index (κ3) is 17.9. The van der Waals surface area contributed by atoms with Gasteiger partial charge in [-0.2, -0.15) is 0 Å². The maximum atomic E-state index is 13.3. The molecule has 4 aromatic carbocycles. The average Bonchev–Trinajstić information content (AvgIpc) is 3.35. The van der Waals surface area contributed by atoms with Crippen molar-refractivity contribution in [1.29, 1.82) is 0 Å². The normalized spacial score (nSPS) is 18.5. The Morgan fingerprint density at radius 3 is 1.22 bits per heavy atom. The van der Waals surface area contributed by atoms with Gasteiger partial charge in [0.2, 0.25) is 0 Å². The van der Waals surface area contributed by atoms with Crippen LogP contribution in [0.5, 0.6) is 11.5 Å². The fraction of sp³-hybridized carbons (Fsp3) is 0.559. The summed E-state index contributed by atoms with van der Waals surface area (Å²) < 4.78 is 24.3. The van der Waals surface area contributed by atoms with Crippen LogP contribution in [0.4, 0.5) is 11.4 Å². The Kier molecular flexibility index (Phi) is 21.3. The molecule has 2 saturated carbocycles. The summed E-state index contributed by atoms with van der Waals surface area (Å²) in [4.78, 5) is 26.6. The Bertz CT molecular complexity index is 1850. The number of rotatable bonds is 28. The predicted octanol–water partition coefficient (Wildman–Crippen LogP) is 14.1. The molecule has 4 aromatic rings. The molecule has 0 heterocycles. The van der Waals surface area contributed by atoms with E-state index in [0.717, 1.165) is 60.1 Å². The van der Waals surface area contributed by atoms with Crippen LogP contribution in [0.3, 0.4) is 0 Å². The second kappa shape index (κ2) is 27.7. The largest absolute Gasteiger partial charge is 0.494 e. The molecule has 0 spiro atoms. The zero-order valence-electron chi connectivity index (χ0n) is 41.0. The first-order valence-corrected chi connectivity index (χ1v) is 26.1. The summed E-state index contributed by atoms with van der Waals surface area (Å²) in [5.74, 6) is 4.45. The fourth-order valence-corrected chi connectivity index (χ4v) is 10.6. The molecule has 0 atom stereocenters. The summed E-state index contributed by atoms with van der Waals surface area (Å²) in [5.41, 5.74) is 17.6. The second-order valence-electron chi connectivity index (χ2n) is 20.1. The number of carbonyl (C=O) groups excluding carboxylic acids is 2. The third-order valence-corrected chi connectivity index (χ3v) is 14.6. The lowest BCUT2D eigenvalue weighted by molar-refractivity contribution is -0.154. The number of hydrogen-bond donors (Lipinski definition) is 2. The van der Waals surface area contributed by atoms with Crippen molar-refractivity contribution in [2.75, 3.05) is 37.9 Å². The van der Waals surface area contributed by atoms with E-state index < -0.39 is 5.41 Å². The minimum absolute atomic E-state index is 0.103. The lowest BCUT2D eigenvalue weighted by Crippen LogP contribution is -2.39. The van der Waals surface area contributed by atoms with E-state index >= 15 is 0 Å². The van der Waals surface area contributed by atoms with E-state index in [4.69, 9.17) is 30.4 Å². The van der Waals surface area contributed by atoms with E-state index in [9.17, 15) is 9.59 Å². The van der Waals surface area contributed by atoms with Crippen LogP contribution in [-0.2, 0) is 31.9 Å². The fourth-order valence-electron chi connectivity index (χ4n) is 10.6. The van der Waals surface area contributed by atoms with Crippen LogP contribution in [0.15, 0.2) is 97.1 Å². The number of esters is 2. The lowest BCUT2D eigenvalue weighted by Gasteiger charge is -2.33. The van der Waals surface area contributed by atoms with Crippen molar-refractivity contribution >= 4 is 23.3 Å². The van der Waals surface area contributed by atoms with E-state index in [1.165, 1.54) is 88.2 Å². The molecule has 6 rings (SSSR count). The predicted molar refractivity (Wildman–Crippen MR) is 273 cm³/mol. The minimum atomic E-state index is -0.715. The monoisotopic (exact) mass is 915 g/mol. The van der Waals surface area contributed by atoms with Crippen molar-refractivity contribution in [2.45, 2.75) is 167 Å². The van der Waals surface area contributed by atoms with Crippen molar-refractivity contribution < 1.29 is 28.5 Å². The molecule has 0 aliphatic heterocycles. The first-order valence-electron chi connectivity index (χ1n) is 26.1. The summed E-state index contributed by atoms with van der Waals surface area (Å²) in [6, 6.07) is 32.9. The molecule has 0 radical (unpaired) electrons. The summed E-state index contributed by atoms with van der Waals surface area (Å²) in [6.45, 7) is 6.01. The van der Waals surface area contributed by atoms with Gasteiger partial charge < -0.3 is 30.4 Å². The Morgan fingerprint density at radius 2 is 0.866 bits per heavy atom. The van der Waals surface area contributed by atoms with Gasteiger partial charge in [-0.05, 0) is 197 Å². The van der Waals surface area contributed by atoms with E-state index in [0.29, 0.717) is 74.9 Å². The van der Waals surface area contributed by atoms with Crippen LogP contribution in [0.1, 0.15) is 176 Å². The van der Waals surface area contributed by atoms with Crippen LogP contribution < -0.4 is 20.9 Å². The van der Waals surface area contributed by atoms with Gasteiger partial charge in [-0.15, -0.1) is 0 Å². The van der Waals surface area contributed by atoms with Gasteiger partial charge >= 0.3 is 11.9 Å². The highest BCUT2D eigenvalue weighted by Gasteiger charge is 2.35. The van der Waals surface area contributed by atoms with Gasteiger partial charge in [-0.1, -0.05) is 88.1 Å². The highest BCUT2D eigenvalue weighted by Crippen LogP contribution is 2.39. The number of nitrogen functional groups attached to an aromatic ring is 2. The molecule has 2 aliphatic rings.